The molecule has 6 nitrogen and oxygen atoms in total. The lowest BCUT2D eigenvalue weighted by Crippen LogP contribution is -2.24. The Labute approximate surface area is 164 Å². The molecule has 9 heteroatoms. The second-order valence-corrected chi connectivity index (χ2v) is 7.11. The highest BCUT2D eigenvalue weighted by molar-refractivity contribution is 5.91. The fourth-order valence-electron chi connectivity index (χ4n) is 3.64. The summed E-state index contributed by atoms with van der Waals surface area (Å²) in [6.07, 6.45) is 2.28. The lowest BCUT2D eigenvalue weighted by molar-refractivity contribution is -0.136. The zero-order valence-electron chi connectivity index (χ0n) is 15.5. The molecule has 0 saturated heterocycles. The number of hydrogen-bond donors (Lipinski definition) is 3. The van der Waals surface area contributed by atoms with Gasteiger partial charge in [0.05, 0.1) is 16.8 Å². The molecular formula is C20H20F3N5O. The minimum Gasteiger partial charge on any atom is -0.351 e. The Kier molecular flexibility index (Phi) is 5.12. The van der Waals surface area contributed by atoms with Gasteiger partial charge in [0.25, 0.3) is 5.56 Å². The average Bonchev–Trinajstić information content (AvgIpc) is 2.68. The second kappa shape index (κ2) is 7.73. The first-order valence-corrected chi connectivity index (χ1v) is 9.51. The molecule has 0 amide bonds. The maximum absolute atomic E-state index is 13.4. The molecular weight excluding hydrogens is 383 g/mol. The molecule has 1 aliphatic carbocycles. The first-order chi connectivity index (χ1) is 13.9. The number of para-hydroxylation sites is 1. The molecule has 152 valence electrons. The molecule has 3 N–H and O–H groups in total. The molecule has 0 spiro atoms. The zero-order chi connectivity index (χ0) is 20.4. The van der Waals surface area contributed by atoms with Crippen molar-refractivity contribution in [3.63, 3.8) is 0 Å². The SMILES string of the molecule is O=c1[nH]ccc2nc(NC3CCCCC3)nc(Nc3ccccc3C(F)(F)F)c12. The maximum atomic E-state index is 13.4. The summed E-state index contributed by atoms with van der Waals surface area (Å²) >= 11 is 0. The largest absolute Gasteiger partial charge is 0.418 e. The highest BCUT2D eigenvalue weighted by Crippen LogP contribution is 2.36. The second-order valence-electron chi connectivity index (χ2n) is 7.11. The van der Waals surface area contributed by atoms with E-state index in [0.717, 1.165) is 31.7 Å². The van der Waals surface area contributed by atoms with Crippen LogP contribution in [0.1, 0.15) is 37.7 Å². The van der Waals surface area contributed by atoms with E-state index in [2.05, 4.69) is 25.6 Å². The molecule has 1 saturated carbocycles. The number of fused-ring (bicyclic) bond motifs is 1. The van der Waals surface area contributed by atoms with E-state index in [9.17, 15) is 18.0 Å². The van der Waals surface area contributed by atoms with Crippen LogP contribution in [0.5, 0.6) is 0 Å². The third-order valence-electron chi connectivity index (χ3n) is 5.04. The monoisotopic (exact) mass is 403 g/mol. The molecule has 3 aromatic rings. The summed E-state index contributed by atoms with van der Waals surface area (Å²) in [6.45, 7) is 0. The number of aromatic amines is 1. The van der Waals surface area contributed by atoms with E-state index in [0.29, 0.717) is 11.5 Å². The van der Waals surface area contributed by atoms with Crippen molar-refractivity contribution in [3.8, 4) is 0 Å². The summed E-state index contributed by atoms with van der Waals surface area (Å²) in [6, 6.07) is 6.91. The van der Waals surface area contributed by atoms with Crippen molar-refractivity contribution >= 4 is 28.4 Å². The average molecular weight is 403 g/mol. The van der Waals surface area contributed by atoms with Crippen molar-refractivity contribution in [2.45, 2.75) is 44.3 Å². The first kappa shape index (κ1) is 19.2. The van der Waals surface area contributed by atoms with Gasteiger partial charge >= 0.3 is 6.18 Å². The first-order valence-electron chi connectivity index (χ1n) is 9.51. The van der Waals surface area contributed by atoms with Crippen LogP contribution >= 0.6 is 0 Å². The predicted molar refractivity (Wildman–Crippen MR) is 105 cm³/mol. The van der Waals surface area contributed by atoms with Crippen LogP contribution in [-0.4, -0.2) is 21.0 Å². The number of rotatable bonds is 4. The number of nitrogens with zero attached hydrogens (tertiary/aromatic N) is 2. The van der Waals surface area contributed by atoms with E-state index >= 15 is 0 Å². The number of alkyl halides is 3. The lowest BCUT2D eigenvalue weighted by Gasteiger charge is -2.23. The normalized spacial score (nSPS) is 15.4. The number of pyridine rings is 1. The summed E-state index contributed by atoms with van der Waals surface area (Å²) in [5, 5.41) is 6.09. The minimum atomic E-state index is -4.54. The summed E-state index contributed by atoms with van der Waals surface area (Å²) in [5.74, 6) is 0.328. The number of H-pyrrole nitrogens is 1. The number of benzene rings is 1. The Bertz CT molecular complexity index is 1070. The molecule has 29 heavy (non-hydrogen) atoms. The van der Waals surface area contributed by atoms with Crippen molar-refractivity contribution in [3.05, 3.63) is 52.4 Å². The number of hydrogen-bond acceptors (Lipinski definition) is 5. The number of nitrogens with one attached hydrogen (secondary N) is 3. The van der Waals surface area contributed by atoms with Crippen LogP contribution in [-0.2, 0) is 6.18 Å². The molecule has 0 aliphatic heterocycles. The molecule has 0 bridgehead atoms. The van der Waals surface area contributed by atoms with E-state index < -0.39 is 17.3 Å². The highest BCUT2D eigenvalue weighted by atomic mass is 19.4. The van der Waals surface area contributed by atoms with Gasteiger partial charge in [-0.05, 0) is 31.0 Å². The van der Waals surface area contributed by atoms with E-state index in [1.807, 2.05) is 0 Å². The zero-order valence-corrected chi connectivity index (χ0v) is 15.5. The summed E-state index contributed by atoms with van der Waals surface area (Å²) in [7, 11) is 0. The Morgan fingerprint density at radius 2 is 1.79 bits per heavy atom. The Morgan fingerprint density at radius 3 is 2.55 bits per heavy atom. The fraction of sp³-hybridized carbons (Fsp3) is 0.350. The van der Waals surface area contributed by atoms with E-state index in [1.165, 1.54) is 30.8 Å². The Morgan fingerprint density at radius 1 is 1.03 bits per heavy atom. The van der Waals surface area contributed by atoms with E-state index in [-0.39, 0.29) is 22.9 Å². The predicted octanol–water partition coefficient (Wildman–Crippen LogP) is 4.83. The molecule has 2 aromatic heterocycles. The van der Waals surface area contributed by atoms with Crippen molar-refractivity contribution in [2.75, 3.05) is 10.6 Å². The standard InChI is InChI=1S/C20H20F3N5O/c21-20(22,23)13-8-4-5-9-14(13)26-17-16-15(10-11-24-18(16)29)27-19(28-17)25-12-6-2-1-3-7-12/h4-5,8-12H,1-3,6-7H2,(H,24,29)(H2,25,26,27,28). The maximum Gasteiger partial charge on any atom is 0.418 e. The molecule has 1 fully saturated rings. The molecule has 2 heterocycles. The fourth-order valence-corrected chi connectivity index (χ4v) is 3.64. The molecule has 0 radical (unpaired) electrons. The van der Waals surface area contributed by atoms with Crippen LogP contribution in [0, 0.1) is 0 Å². The Balaban J connectivity index is 1.77. The number of aromatic nitrogens is 3. The van der Waals surface area contributed by atoms with Crippen LogP contribution in [0.15, 0.2) is 41.3 Å². The van der Waals surface area contributed by atoms with Crippen molar-refractivity contribution in [1.29, 1.82) is 0 Å². The third-order valence-corrected chi connectivity index (χ3v) is 5.04. The molecule has 0 atom stereocenters. The van der Waals surface area contributed by atoms with Gasteiger partial charge in [-0.25, -0.2) is 4.98 Å². The van der Waals surface area contributed by atoms with Gasteiger partial charge in [0.1, 0.15) is 11.2 Å². The number of halogens is 3. The topological polar surface area (TPSA) is 82.7 Å². The van der Waals surface area contributed by atoms with Crippen molar-refractivity contribution in [1.82, 2.24) is 15.0 Å². The van der Waals surface area contributed by atoms with Gasteiger partial charge in [-0.15, -0.1) is 0 Å². The molecule has 1 aromatic carbocycles. The van der Waals surface area contributed by atoms with Crippen LogP contribution in [0.25, 0.3) is 10.9 Å². The summed E-state index contributed by atoms with van der Waals surface area (Å²) < 4.78 is 40.1. The van der Waals surface area contributed by atoms with Gasteiger partial charge in [-0.2, -0.15) is 18.2 Å². The van der Waals surface area contributed by atoms with Crippen molar-refractivity contribution < 1.29 is 13.2 Å². The van der Waals surface area contributed by atoms with Crippen LogP contribution in [0.3, 0.4) is 0 Å². The van der Waals surface area contributed by atoms with Gasteiger partial charge in [-0.1, -0.05) is 31.4 Å². The van der Waals surface area contributed by atoms with E-state index in [1.54, 1.807) is 6.07 Å². The smallest absolute Gasteiger partial charge is 0.351 e. The Hall–Kier alpha value is -3.10. The highest BCUT2D eigenvalue weighted by Gasteiger charge is 2.33. The van der Waals surface area contributed by atoms with Gasteiger partial charge in [-0.3, -0.25) is 4.79 Å². The van der Waals surface area contributed by atoms with E-state index in [4.69, 9.17) is 0 Å². The minimum absolute atomic E-state index is 0.0341. The van der Waals surface area contributed by atoms with Crippen LogP contribution < -0.4 is 16.2 Å². The lowest BCUT2D eigenvalue weighted by atomic mass is 9.96. The number of anilines is 3. The molecule has 4 rings (SSSR count). The molecule has 0 unspecified atom stereocenters. The van der Waals surface area contributed by atoms with Gasteiger partial charge < -0.3 is 15.6 Å². The van der Waals surface area contributed by atoms with Crippen LogP contribution in [0.4, 0.5) is 30.6 Å². The molecule has 1 aliphatic rings. The van der Waals surface area contributed by atoms with Gasteiger partial charge in [0.15, 0.2) is 0 Å². The van der Waals surface area contributed by atoms with Gasteiger partial charge in [0.2, 0.25) is 5.95 Å². The third kappa shape index (κ3) is 4.18. The quantitative estimate of drug-likeness (QED) is 0.582. The van der Waals surface area contributed by atoms with Crippen LogP contribution in [0.2, 0.25) is 0 Å². The van der Waals surface area contributed by atoms with Gasteiger partial charge in [0, 0.05) is 12.2 Å². The van der Waals surface area contributed by atoms with Crippen molar-refractivity contribution in [2.24, 2.45) is 0 Å². The summed E-state index contributed by atoms with van der Waals surface area (Å²) in [5.41, 5.74) is -1.12. The summed E-state index contributed by atoms with van der Waals surface area (Å²) in [4.78, 5) is 23.6.